The van der Waals surface area contributed by atoms with Gasteiger partial charge >= 0.3 is 6.03 Å². The van der Waals surface area contributed by atoms with Gasteiger partial charge in [-0.15, -0.1) is 0 Å². The maximum Gasteiger partial charge on any atom is 0.317 e. The van der Waals surface area contributed by atoms with Crippen molar-refractivity contribution in [3.8, 4) is 17.2 Å². The quantitative estimate of drug-likeness (QED) is 0.776. The van der Waals surface area contributed by atoms with E-state index in [4.69, 9.17) is 14.2 Å². The van der Waals surface area contributed by atoms with Gasteiger partial charge in [-0.05, 0) is 30.2 Å². The van der Waals surface area contributed by atoms with Gasteiger partial charge in [0.2, 0.25) is 0 Å². The summed E-state index contributed by atoms with van der Waals surface area (Å²) in [5, 5.41) is 3.02. The van der Waals surface area contributed by atoms with Gasteiger partial charge in [-0.2, -0.15) is 0 Å². The summed E-state index contributed by atoms with van der Waals surface area (Å²) in [5.74, 6) is 2.44. The molecule has 1 aliphatic heterocycles. The third-order valence-corrected chi connectivity index (χ3v) is 5.16. The number of anilines is 1. The van der Waals surface area contributed by atoms with Crippen LogP contribution in [0.5, 0.6) is 17.2 Å². The smallest absolute Gasteiger partial charge is 0.317 e. The first kappa shape index (κ1) is 20.6. The van der Waals surface area contributed by atoms with Crippen LogP contribution >= 0.6 is 0 Å². The van der Waals surface area contributed by atoms with Crippen LogP contribution in [0.3, 0.4) is 0 Å². The topological polar surface area (TPSA) is 63.3 Å². The zero-order valence-electron chi connectivity index (χ0n) is 17.3. The molecule has 1 aliphatic rings. The van der Waals surface area contributed by atoms with Gasteiger partial charge in [-0.25, -0.2) is 4.79 Å². The highest BCUT2D eigenvalue weighted by atomic mass is 16.5. The van der Waals surface area contributed by atoms with E-state index in [9.17, 15) is 4.79 Å². The number of para-hydroxylation sites is 1. The number of methoxy groups -OCH3 is 3. The Balaban J connectivity index is 1.51. The van der Waals surface area contributed by atoms with E-state index in [-0.39, 0.29) is 6.03 Å². The molecule has 0 saturated carbocycles. The van der Waals surface area contributed by atoms with Gasteiger partial charge in [-0.1, -0.05) is 18.2 Å². The predicted molar refractivity (Wildman–Crippen MR) is 113 cm³/mol. The molecule has 0 unspecified atom stereocenters. The van der Waals surface area contributed by atoms with E-state index >= 15 is 0 Å². The first-order valence-electron chi connectivity index (χ1n) is 9.78. The van der Waals surface area contributed by atoms with Gasteiger partial charge in [-0.3, -0.25) is 0 Å². The monoisotopic (exact) mass is 399 g/mol. The maximum atomic E-state index is 12.5. The Morgan fingerprint density at radius 1 is 0.931 bits per heavy atom. The highest BCUT2D eigenvalue weighted by Gasteiger charge is 2.23. The average molecular weight is 399 g/mol. The van der Waals surface area contributed by atoms with Gasteiger partial charge in [0.15, 0.2) is 0 Å². The Kier molecular flexibility index (Phi) is 7.05. The largest absolute Gasteiger partial charge is 0.497 e. The number of carbonyl (C=O) groups excluding carboxylic acids is 1. The lowest BCUT2D eigenvalue weighted by atomic mass is 10.1. The van der Waals surface area contributed by atoms with Crippen LogP contribution in [-0.4, -0.2) is 65.0 Å². The molecule has 0 aliphatic carbocycles. The third kappa shape index (κ3) is 5.04. The van der Waals surface area contributed by atoms with Gasteiger partial charge < -0.3 is 29.3 Å². The van der Waals surface area contributed by atoms with Crippen LogP contribution in [0, 0.1) is 0 Å². The normalized spacial score (nSPS) is 13.8. The van der Waals surface area contributed by atoms with E-state index in [1.54, 1.807) is 21.3 Å². The minimum Gasteiger partial charge on any atom is -0.497 e. The molecule has 1 saturated heterocycles. The van der Waals surface area contributed by atoms with Gasteiger partial charge in [0.1, 0.15) is 17.2 Å². The molecular formula is C22H29N3O4. The Morgan fingerprint density at radius 2 is 1.66 bits per heavy atom. The van der Waals surface area contributed by atoms with Crippen LogP contribution in [0.1, 0.15) is 5.56 Å². The van der Waals surface area contributed by atoms with Crippen LogP contribution in [0.25, 0.3) is 0 Å². The van der Waals surface area contributed by atoms with Crippen molar-refractivity contribution in [3.63, 3.8) is 0 Å². The molecule has 1 fully saturated rings. The molecule has 0 aromatic heterocycles. The summed E-state index contributed by atoms with van der Waals surface area (Å²) >= 11 is 0. The van der Waals surface area contributed by atoms with Crippen molar-refractivity contribution in [1.29, 1.82) is 0 Å². The average Bonchev–Trinajstić information content (AvgIpc) is 2.79. The van der Waals surface area contributed by atoms with Gasteiger partial charge in [0.25, 0.3) is 0 Å². The third-order valence-electron chi connectivity index (χ3n) is 5.16. The van der Waals surface area contributed by atoms with Crippen molar-refractivity contribution in [2.45, 2.75) is 6.42 Å². The van der Waals surface area contributed by atoms with Crippen LogP contribution in [0.15, 0.2) is 42.5 Å². The number of rotatable bonds is 7. The summed E-state index contributed by atoms with van der Waals surface area (Å²) in [6, 6.07) is 13.6. The number of carbonyl (C=O) groups is 1. The predicted octanol–water partition coefficient (Wildman–Crippen LogP) is 2.79. The van der Waals surface area contributed by atoms with E-state index in [1.165, 1.54) is 0 Å². The molecular weight excluding hydrogens is 370 g/mol. The summed E-state index contributed by atoms with van der Waals surface area (Å²) in [6.07, 6.45) is 0.733. The lowest BCUT2D eigenvalue weighted by molar-refractivity contribution is 0.194. The highest BCUT2D eigenvalue weighted by molar-refractivity contribution is 5.74. The number of piperazine rings is 1. The minimum absolute atomic E-state index is 0.0304. The second kappa shape index (κ2) is 9.91. The molecule has 7 heteroatoms. The fourth-order valence-corrected chi connectivity index (χ4v) is 3.52. The fraction of sp³-hybridized carbons (Fsp3) is 0.409. The van der Waals surface area contributed by atoms with E-state index in [0.29, 0.717) is 19.6 Å². The number of nitrogens with zero attached hydrogens (tertiary/aromatic N) is 2. The zero-order valence-corrected chi connectivity index (χ0v) is 17.3. The van der Waals surface area contributed by atoms with Gasteiger partial charge in [0.05, 0.1) is 27.0 Å². The van der Waals surface area contributed by atoms with Crippen molar-refractivity contribution in [2.75, 3.05) is 59.0 Å². The van der Waals surface area contributed by atoms with Crippen LogP contribution in [0.4, 0.5) is 10.5 Å². The van der Waals surface area contributed by atoms with Crippen molar-refractivity contribution in [3.05, 3.63) is 48.0 Å². The van der Waals surface area contributed by atoms with E-state index in [0.717, 1.165) is 48.0 Å². The maximum absolute atomic E-state index is 12.5. The molecule has 7 nitrogen and oxygen atoms in total. The minimum atomic E-state index is -0.0304. The van der Waals surface area contributed by atoms with E-state index in [1.807, 2.05) is 47.4 Å². The molecule has 1 N–H and O–H groups in total. The molecule has 156 valence electrons. The molecule has 2 aromatic carbocycles. The molecule has 29 heavy (non-hydrogen) atoms. The lowest BCUT2D eigenvalue weighted by Gasteiger charge is -2.36. The molecule has 0 radical (unpaired) electrons. The molecule has 0 bridgehead atoms. The standard InChI is InChI=1S/C22H29N3O4/c1-27-18-8-9-21(29-3)19(16-18)24-12-14-25(15-13-24)22(26)23-11-10-17-6-4-5-7-20(17)28-2/h4-9,16H,10-15H2,1-3H3,(H,23,26). The summed E-state index contributed by atoms with van der Waals surface area (Å²) < 4.78 is 16.2. The van der Waals surface area contributed by atoms with E-state index < -0.39 is 0 Å². The molecule has 2 aromatic rings. The first-order chi connectivity index (χ1) is 14.2. The number of ether oxygens (including phenoxy) is 3. The summed E-state index contributed by atoms with van der Waals surface area (Å²) in [6.45, 7) is 3.36. The molecule has 1 heterocycles. The molecule has 0 spiro atoms. The van der Waals surface area contributed by atoms with Crippen molar-refractivity contribution < 1.29 is 19.0 Å². The number of hydrogen-bond donors (Lipinski definition) is 1. The highest BCUT2D eigenvalue weighted by Crippen LogP contribution is 2.32. The van der Waals surface area contributed by atoms with Crippen molar-refractivity contribution in [2.24, 2.45) is 0 Å². The van der Waals surface area contributed by atoms with Crippen LogP contribution in [-0.2, 0) is 6.42 Å². The zero-order chi connectivity index (χ0) is 20.6. The van der Waals surface area contributed by atoms with Crippen LogP contribution < -0.4 is 24.4 Å². The second-order valence-corrected chi connectivity index (χ2v) is 6.81. The van der Waals surface area contributed by atoms with Gasteiger partial charge in [0, 0.05) is 38.8 Å². The van der Waals surface area contributed by atoms with Crippen molar-refractivity contribution >= 4 is 11.7 Å². The number of hydrogen-bond acceptors (Lipinski definition) is 5. The number of amides is 2. The van der Waals surface area contributed by atoms with Crippen LogP contribution in [0.2, 0.25) is 0 Å². The molecule has 0 atom stereocenters. The Morgan fingerprint density at radius 3 is 2.34 bits per heavy atom. The Hall–Kier alpha value is -3.09. The Labute approximate surface area is 172 Å². The SMILES string of the molecule is COc1ccc(OC)c(N2CCN(C(=O)NCCc3ccccc3OC)CC2)c1. The Bertz CT molecular complexity index is 819. The summed E-state index contributed by atoms with van der Waals surface area (Å²) in [5.41, 5.74) is 2.08. The number of benzene rings is 2. The number of nitrogens with one attached hydrogen (secondary N) is 1. The number of urea groups is 1. The first-order valence-corrected chi connectivity index (χ1v) is 9.78. The summed E-state index contributed by atoms with van der Waals surface area (Å²) in [4.78, 5) is 16.6. The molecule has 2 amide bonds. The van der Waals surface area contributed by atoms with Crippen molar-refractivity contribution in [1.82, 2.24) is 10.2 Å². The summed E-state index contributed by atoms with van der Waals surface area (Å²) in [7, 11) is 4.98. The van der Waals surface area contributed by atoms with E-state index in [2.05, 4.69) is 10.2 Å². The molecule has 3 rings (SSSR count). The fourth-order valence-electron chi connectivity index (χ4n) is 3.52. The second-order valence-electron chi connectivity index (χ2n) is 6.81. The lowest BCUT2D eigenvalue weighted by Crippen LogP contribution is -2.52.